The molecule has 84 valence electrons. The molecule has 0 bridgehead atoms. The summed E-state index contributed by atoms with van der Waals surface area (Å²) in [4.78, 5) is 4.24. The van der Waals surface area contributed by atoms with Crippen LogP contribution in [0.2, 0.25) is 0 Å². The molecule has 0 aliphatic carbocycles. The van der Waals surface area contributed by atoms with E-state index in [0.29, 0.717) is 0 Å². The van der Waals surface area contributed by atoms with E-state index >= 15 is 0 Å². The molecule has 3 N–H and O–H groups in total. The van der Waals surface area contributed by atoms with Gasteiger partial charge in [0.2, 0.25) is 0 Å². The van der Waals surface area contributed by atoms with E-state index in [2.05, 4.69) is 20.6 Å². The van der Waals surface area contributed by atoms with E-state index in [-0.39, 0.29) is 0 Å². The van der Waals surface area contributed by atoms with Crippen LogP contribution in [0.5, 0.6) is 0 Å². The van der Waals surface area contributed by atoms with Crippen LogP contribution in [0.15, 0.2) is 29.8 Å². The van der Waals surface area contributed by atoms with Gasteiger partial charge in [0.15, 0.2) is 5.16 Å². The van der Waals surface area contributed by atoms with Gasteiger partial charge in [0.25, 0.3) is 0 Å². The van der Waals surface area contributed by atoms with E-state index in [4.69, 9.17) is 5.84 Å². The van der Waals surface area contributed by atoms with E-state index in [1.807, 2.05) is 23.7 Å². The molecular formula is C9H12N6S. The molecule has 0 amide bonds. The molecule has 0 saturated carbocycles. The lowest BCUT2D eigenvalue weighted by Crippen LogP contribution is -2.07. The van der Waals surface area contributed by atoms with Crippen LogP contribution in [-0.2, 0) is 12.8 Å². The fourth-order valence-corrected chi connectivity index (χ4v) is 1.98. The second-order valence-electron chi connectivity index (χ2n) is 3.19. The molecule has 0 unspecified atom stereocenters. The number of nitrogens with one attached hydrogen (secondary N) is 1. The summed E-state index contributed by atoms with van der Waals surface area (Å²) in [7, 11) is 1.91. The van der Waals surface area contributed by atoms with Gasteiger partial charge < -0.3 is 9.99 Å². The monoisotopic (exact) mass is 236 g/mol. The first-order valence-electron chi connectivity index (χ1n) is 4.68. The molecule has 0 aliphatic heterocycles. The van der Waals surface area contributed by atoms with Gasteiger partial charge in [-0.1, -0.05) is 11.8 Å². The van der Waals surface area contributed by atoms with Gasteiger partial charge >= 0.3 is 0 Å². The summed E-state index contributed by atoms with van der Waals surface area (Å²) in [5, 5.41) is 8.66. The molecule has 2 rings (SSSR count). The Morgan fingerprint density at radius 3 is 3.12 bits per heavy atom. The third kappa shape index (κ3) is 2.50. The minimum absolute atomic E-state index is 0.738. The van der Waals surface area contributed by atoms with Crippen LogP contribution in [0.1, 0.15) is 5.69 Å². The normalized spacial score (nSPS) is 10.4. The summed E-state index contributed by atoms with van der Waals surface area (Å²) >= 11 is 1.58. The molecule has 16 heavy (non-hydrogen) atoms. The first-order chi connectivity index (χ1) is 7.79. The summed E-state index contributed by atoms with van der Waals surface area (Å²) in [6, 6.07) is 3.72. The molecule has 0 fully saturated rings. The van der Waals surface area contributed by atoms with Crippen molar-refractivity contribution >= 4 is 17.4 Å². The predicted octanol–water partition coefficient (Wildman–Crippen LogP) is 0.788. The SMILES string of the molecule is Cn1cnnc1SCc1cc(NN)ccn1. The number of nitrogens with zero attached hydrogens (tertiary/aromatic N) is 4. The Labute approximate surface area is 97.2 Å². The van der Waals surface area contributed by atoms with E-state index < -0.39 is 0 Å². The highest BCUT2D eigenvalue weighted by Crippen LogP contribution is 2.19. The number of aryl methyl sites for hydroxylation is 1. The van der Waals surface area contributed by atoms with Crippen molar-refractivity contribution in [1.82, 2.24) is 19.7 Å². The fraction of sp³-hybridized carbons (Fsp3) is 0.222. The van der Waals surface area contributed by atoms with Crippen molar-refractivity contribution in [3.63, 3.8) is 0 Å². The number of pyridine rings is 1. The number of hydrazine groups is 1. The molecule has 0 spiro atoms. The lowest BCUT2D eigenvalue weighted by molar-refractivity contribution is 0.788. The van der Waals surface area contributed by atoms with E-state index in [1.165, 1.54) is 0 Å². The number of aromatic nitrogens is 4. The first-order valence-corrected chi connectivity index (χ1v) is 5.66. The standard InChI is InChI=1S/C9H12N6S/c1-15-6-12-14-9(15)16-5-8-4-7(13-10)2-3-11-8/h2-4,6H,5,10H2,1H3,(H,11,13). The van der Waals surface area contributed by atoms with Gasteiger partial charge in [-0.05, 0) is 12.1 Å². The molecule has 7 heteroatoms. The van der Waals surface area contributed by atoms with Crippen molar-refractivity contribution < 1.29 is 0 Å². The summed E-state index contributed by atoms with van der Waals surface area (Å²) in [5.41, 5.74) is 4.39. The molecule has 6 nitrogen and oxygen atoms in total. The minimum atomic E-state index is 0.738. The van der Waals surface area contributed by atoms with Crippen molar-refractivity contribution in [2.75, 3.05) is 5.43 Å². The molecule has 2 heterocycles. The van der Waals surface area contributed by atoms with Gasteiger partial charge in [-0.2, -0.15) is 0 Å². The van der Waals surface area contributed by atoms with Crippen LogP contribution in [0.4, 0.5) is 5.69 Å². The third-order valence-electron chi connectivity index (χ3n) is 2.00. The number of hydrogen-bond acceptors (Lipinski definition) is 6. The Morgan fingerprint density at radius 1 is 1.56 bits per heavy atom. The van der Waals surface area contributed by atoms with Crippen LogP contribution in [0, 0.1) is 0 Å². The molecule has 2 aromatic heterocycles. The van der Waals surface area contributed by atoms with Gasteiger partial charge in [-0.25, -0.2) is 0 Å². The quantitative estimate of drug-likeness (QED) is 0.464. The minimum Gasteiger partial charge on any atom is -0.324 e. The zero-order valence-corrected chi connectivity index (χ0v) is 9.61. The second kappa shape index (κ2) is 4.95. The maximum absolute atomic E-state index is 5.32. The second-order valence-corrected chi connectivity index (χ2v) is 4.14. The number of hydrogen-bond donors (Lipinski definition) is 2. The average Bonchev–Trinajstić information content (AvgIpc) is 2.72. The van der Waals surface area contributed by atoms with Gasteiger partial charge in [0, 0.05) is 19.0 Å². The first kappa shape index (κ1) is 10.9. The van der Waals surface area contributed by atoms with Crippen LogP contribution >= 0.6 is 11.8 Å². The Balaban J connectivity index is 2.02. The number of nitrogens with two attached hydrogens (primary N) is 1. The van der Waals surface area contributed by atoms with Crippen molar-refractivity contribution in [2.45, 2.75) is 10.9 Å². The smallest absolute Gasteiger partial charge is 0.191 e. The van der Waals surface area contributed by atoms with Crippen molar-refractivity contribution in [3.8, 4) is 0 Å². The molecular weight excluding hydrogens is 224 g/mol. The van der Waals surface area contributed by atoms with Gasteiger partial charge in [0.05, 0.1) is 11.4 Å². The fourth-order valence-electron chi connectivity index (χ4n) is 1.19. The van der Waals surface area contributed by atoms with Crippen LogP contribution in [0.25, 0.3) is 0 Å². The highest BCUT2D eigenvalue weighted by Gasteiger charge is 2.03. The van der Waals surface area contributed by atoms with Crippen LogP contribution in [0.3, 0.4) is 0 Å². The number of nitrogen functional groups attached to an aromatic ring is 1. The van der Waals surface area contributed by atoms with Gasteiger partial charge in [0.1, 0.15) is 6.33 Å². The van der Waals surface area contributed by atoms with Crippen LogP contribution < -0.4 is 11.3 Å². The Morgan fingerprint density at radius 2 is 2.44 bits per heavy atom. The summed E-state index contributed by atoms with van der Waals surface area (Å²) in [5.74, 6) is 6.06. The number of rotatable bonds is 4. The molecule has 0 radical (unpaired) electrons. The number of thioether (sulfide) groups is 1. The maximum Gasteiger partial charge on any atom is 0.191 e. The van der Waals surface area contributed by atoms with Crippen molar-refractivity contribution in [2.24, 2.45) is 12.9 Å². The summed E-state index contributed by atoms with van der Waals surface area (Å²) < 4.78 is 1.87. The molecule has 0 atom stereocenters. The Hall–Kier alpha value is -1.60. The molecule has 0 aromatic carbocycles. The van der Waals surface area contributed by atoms with E-state index in [1.54, 1.807) is 24.3 Å². The largest absolute Gasteiger partial charge is 0.324 e. The highest BCUT2D eigenvalue weighted by atomic mass is 32.2. The topological polar surface area (TPSA) is 81.7 Å². The highest BCUT2D eigenvalue weighted by molar-refractivity contribution is 7.98. The predicted molar refractivity (Wildman–Crippen MR) is 62.6 cm³/mol. The molecule has 2 aromatic rings. The van der Waals surface area contributed by atoms with E-state index in [9.17, 15) is 0 Å². The Bertz CT molecular complexity index is 469. The van der Waals surface area contributed by atoms with Crippen LogP contribution in [-0.4, -0.2) is 19.7 Å². The molecule has 0 aliphatic rings. The third-order valence-corrected chi connectivity index (χ3v) is 3.07. The van der Waals surface area contributed by atoms with Crippen molar-refractivity contribution in [1.29, 1.82) is 0 Å². The summed E-state index contributed by atoms with van der Waals surface area (Å²) in [6.07, 6.45) is 3.40. The maximum atomic E-state index is 5.32. The number of anilines is 1. The van der Waals surface area contributed by atoms with Gasteiger partial charge in [-0.3, -0.25) is 10.8 Å². The van der Waals surface area contributed by atoms with Crippen molar-refractivity contribution in [3.05, 3.63) is 30.4 Å². The zero-order valence-electron chi connectivity index (χ0n) is 8.79. The van der Waals surface area contributed by atoms with E-state index in [0.717, 1.165) is 22.3 Å². The lowest BCUT2D eigenvalue weighted by atomic mass is 10.3. The Kier molecular flexibility index (Phi) is 3.37. The zero-order chi connectivity index (χ0) is 11.4. The molecule has 0 saturated heterocycles. The average molecular weight is 236 g/mol. The van der Waals surface area contributed by atoms with Gasteiger partial charge in [-0.15, -0.1) is 10.2 Å². The lowest BCUT2D eigenvalue weighted by Gasteiger charge is -2.03. The summed E-state index contributed by atoms with van der Waals surface area (Å²) in [6.45, 7) is 0.